The zero-order valence-corrected chi connectivity index (χ0v) is 19.5. The number of nitrogens with one attached hydrogen (secondary N) is 1. The first-order chi connectivity index (χ1) is 15.5. The van der Waals surface area contributed by atoms with Gasteiger partial charge in [0.25, 0.3) is 0 Å². The number of anilines is 1. The topological polar surface area (TPSA) is 49.4 Å². The lowest BCUT2D eigenvalue weighted by molar-refractivity contribution is -0.127. The monoisotopic (exact) mass is 446 g/mol. The molecule has 1 aromatic heterocycles. The second kappa shape index (κ2) is 10.1. The highest BCUT2D eigenvalue weighted by Crippen LogP contribution is 2.33. The molecule has 0 radical (unpaired) electrons. The van der Waals surface area contributed by atoms with E-state index < -0.39 is 6.04 Å². The highest BCUT2D eigenvalue weighted by atomic mass is 32.1. The van der Waals surface area contributed by atoms with Crippen LogP contribution in [-0.2, 0) is 16.0 Å². The number of benzene rings is 2. The van der Waals surface area contributed by atoms with Crippen LogP contribution in [-0.4, -0.2) is 17.9 Å². The predicted molar refractivity (Wildman–Crippen MR) is 131 cm³/mol. The van der Waals surface area contributed by atoms with Gasteiger partial charge in [0.15, 0.2) is 0 Å². The minimum absolute atomic E-state index is 0.0726. The SMILES string of the molecule is Cc1ccccc1C(C(=O)NC1CCCC1)N(C(=O)Cc1cccs1)c1ccccc1C. The van der Waals surface area contributed by atoms with Crippen LogP contribution in [0.1, 0.15) is 53.3 Å². The van der Waals surface area contributed by atoms with Crippen molar-refractivity contribution in [3.05, 3.63) is 87.6 Å². The zero-order valence-electron chi connectivity index (χ0n) is 18.7. The van der Waals surface area contributed by atoms with E-state index in [1.807, 2.05) is 79.9 Å². The lowest BCUT2D eigenvalue weighted by Crippen LogP contribution is -2.47. The van der Waals surface area contributed by atoms with Gasteiger partial charge in [-0.1, -0.05) is 61.4 Å². The summed E-state index contributed by atoms with van der Waals surface area (Å²) < 4.78 is 0. The van der Waals surface area contributed by atoms with Gasteiger partial charge in [-0.15, -0.1) is 11.3 Å². The Bertz CT molecular complexity index is 1070. The van der Waals surface area contributed by atoms with Crippen LogP contribution in [0.5, 0.6) is 0 Å². The molecule has 5 heteroatoms. The number of nitrogens with zero attached hydrogens (tertiary/aromatic N) is 1. The third-order valence-corrected chi connectivity index (χ3v) is 7.12. The maximum Gasteiger partial charge on any atom is 0.248 e. The molecule has 1 saturated carbocycles. The quantitative estimate of drug-likeness (QED) is 0.503. The molecule has 1 heterocycles. The van der Waals surface area contributed by atoms with E-state index >= 15 is 0 Å². The van der Waals surface area contributed by atoms with Crippen LogP contribution < -0.4 is 10.2 Å². The van der Waals surface area contributed by atoms with Gasteiger partial charge in [-0.3, -0.25) is 14.5 Å². The average molecular weight is 447 g/mol. The molecule has 32 heavy (non-hydrogen) atoms. The Balaban J connectivity index is 1.79. The summed E-state index contributed by atoms with van der Waals surface area (Å²) in [5.41, 5.74) is 3.62. The van der Waals surface area contributed by atoms with Crippen molar-refractivity contribution in [3.63, 3.8) is 0 Å². The van der Waals surface area contributed by atoms with Crippen LogP contribution in [0, 0.1) is 13.8 Å². The molecule has 0 saturated heterocycles. The van der Waals surface area contributed by atoms with Gasteiger partial charge in [-0.25, -0.2) is 0 Å². The van der Waals surface area contributed by atoms with Crippen LogP contribution in [0.4, 0.5) is 5.69 Å². The first kappa shape index (κ1) is 22.3. The van der Waals surface area contributed by atoms with Crippen LogP contribution >= 0.6 is 11.3 Å². The summed E-state index contributed by atoms with van der Waals surface area (Å²) in [4.78, 5) is 30.3. The lowest BCUT2D eigenvalue weighted by Gasteiger charge is -2.34. The van der Waals surface area contributed by atoms with Crippen LogP contribution in [0.2, 0.25) is 0 Å². The van der Waals surface area contributed by atoms with Crippen LogP contribution in [0.15, 0.2) is 66.0 Å². The molecule has 1 N–H and O–H groups in total. The number of carbonyl (C=O) groups is 2. The van der Waals surface area contributed by atoms with E-state index in [0.29, 0.717) is 0 Å². The predicted octanol–water partition coefficient (Wildman–Crippen LogP) is 5.74. The molecule has 1 atom stereocenters. The van der Waals surface area contributed by atoms with Crippen molar-refractivity contribution >= 4 is 28.8 Å². The fraction of sp³-hybridized carbons (Fsp3) is 0.333. The molecular weight excluding hydrogens is 416 g/mol. The van der Waals surface area contributed by atoms with Crippen molar-refractivity contribution < 1.29 is 9.59 Å². The van der Waals surface area contributed by atoms with Crippen LogP contribution in [0.3, 0.4) is 0 Å². The Labute approximate surface area is 194 Å². The van der Waals surface area contributed by atoms with E-state index in [4.69, 9.17) is 0 Å². The van der Waals surface area contributed by atoms with E-state index in [-0.39, 0.29) is 24.3 Å². The van der Waals surface area contributed by atoms with E-state index in [0.717, 1.165) is 52.9 Å². The number of rotatable bonds is 7. The van der Waals surface area contributed by atoms with E-state index in [1.54, 1.807) is 16.2 Å². The number of hydrogen-bond donors (Lipinski definition) is 1. The minimum atomic E-state index is -0.717. The summed E-state index contributed by atoms with van der Waals surface area (Å²) in [6.45, 7) is 4.00. The third kappa shape index (κ3) is 4.94. The van der Waals surface area contributed by atoms with Crippen molar-refractivity contribution in [3.8, 4) is 0 Å². The van der Waals surface area contributed by atoms with Crippen molar-refractivity contribution in [1.82, 2.24) is 5.32 Å². The van der Waals surface area contributed by atoms with Gasteiger partial charge in [-0.05, 0) is 60.9 Å². The van der Waals surface area contributed by atoms with E-state index in [9.17, 15) is 9.59 Å². The second-order valence-electron chi connectivity index (χ2n) is 8.56. The molecule has 3 aromatic rings. The van der Waals surface area contributed by atoms with Gasteiger partial charge in [0.05, 0.1) is 6.42 Å². The molecule has 2 amide bonds. The molecule has 0 aliphatic heterocycles. The fourth-order valence-corrected chi connectivity index (χ4v) is 5.24. The number of hydrogen-bond acceptors (Lipinski definition) is 3. The number of amides is 2. The van der Waals surface area contributed by atoms with Gasteiger partial charge >= 0.3 is 0 Å². The first-order valence-corrected chi connectivity index (χ1v) is 12.2. The smallest absolute Gasteiger partial charge is 0.248 e. The maximum atomic E-state index is 13.8. The Kier molecular flexibility index (Phi) is 7.05. The maximum absolute atomic E-state index is 13.8. The van der Waals surface area contributed by atoms with E-state index in [1.165, 1.54) is 0 Å². The second-order valence-corrected chi connectivity index (χ2v) is 9.59. The number of carbonyl (C=O) groups excluding carboxylic acids is 2. The van der Waals surface area contributed by atoms with Crippen molar-refractivity contribution in [2.45, 2.75) is 58.0 Å². The summed E-state index contributed by atoms with van der Waals surface area (Å²) in [6, 6.07) is 19.1. The first-order valence-electron chi connectivity index (χ1n) is 11.3. The van der Waals surface area contributed by atoms with Gasteiger partial charge in [0.2, 0.25) is 11.8 Å². The summed E-state index contributed by atoms with van der Waals surface area (Å²) in [6.07, 6.45) is 4.54. The zero-order chi connectivity index (χ0) is 22.5. The average Bonchev–Trinajstić information content (AvgIpc) is 3.48. The summed E-state index contributed by atoms with van der Waals surface area (Å²) in [5, 5.41) is 5.24. The van der Waals surface area contributed by atoms with Gasteiger partial charge in [0.1, 0.15) is 6.04 Å². The third-order valence-electron chi connectivity index (χ3n) is 6.24. The highest BCUT2D eigenvalue weighted by Gasteiger charge is 2.35. The summed E-state index contributed by atoms with van der Waals surface area (Å²) >= 11 is 1.57. The van der Waals surface area contributed by atoms with E-state index in [2.05, 4.69) is 5.32 Å². The molecular formula is C27H30N2O2S. The molecule has 4 rings (SSSR count). The Morgan fingerprint density at radius 3 is 2.31 bits per heavy atom. The molecule has 1 aliphatic carbocycles. The molecule has 4 nitrogen and oxygen atoms in total. The molecule has 0 bridgehead atoms. The summed E-state index contributed by atoms with van der Waals surface area (Å²) in [7, 11) is 0. The number of para-hydroxylation sites is 1. The fourth-order valence-electron chi connectivity index (χ4n) is 4.54. The van der Waals surface area contributed by atoms with Gasteiger partial charge < -0.3 is 5.32 Å². The van der Waals surface area contributed by atoms with Crippen molar-refractivity contribution in [2.75, 3.05) is 4.90 Å². The lowest BCUT2D eigenvalue weighted by atomic mass is 9.96. The Morgan fingerprint density at radius 2 is 1.66 bits per heavy atom. The van der Waals surface area contributed by atoms with Gasteiger partial charge in [0, 0.05) is 16.6 Å². The number of thiophene rings is 1. The molecule has 0 spiro atoms. The standard InChI is InChI=1S/C27H30N2O2S/c1-19-10-3-7-15-23(19)26(27(31)28-21-12-5-6-13-21)29(24-16-8-4-11-20(24)2)25(30)18-22-14-9-17-32-22/h3-4,7-11,14-17,21,26H,5-6,12-13,18H2,1-2H3,(H,28,31). The highest BCUT2D eigenvalue weighted by molar-refractivity contribution is 7.10. The number of aryl methyl sites for hydroxylation is 2. The minimum Gasteiger partial charge on any atom is -0.351 e. The molecule has 2 aromatic carbocycles. The normalized spacial score (nSPS) is 14.8. The Morgan fingerprint density at radius 1 is 0.969 bits per heavy atom. The molecule has 166 valence electrons. The molecule has 1 fully saturated rings. The molecule has 1 aliphatic rings. The molecule has 1 unspecified atom stereocenters. The van der Waals surface area contributed by atoms with Crippen molar-refractivity contribution in [1.29, 1.82) is 0 Å². The van der Waals surface area contributed by atoms with Crippen LogP contribution in [0.25, 0.3) is 0 Å². The van der Waals surface area contributed by atoms with Crippen molar-refractivity contribution in [2.24, 2.45) is 0 Å². The Hall–Kier alpha value is -2.92. The summed E-state index contributed by atoms with van der Waals surface area (Å²) in [5.74, 6) is -0.175. The van der Waals surface area contributed by atoms with Gasteiger partial charge in [-0.2, -0.15) is 0 Å². The largest absolute Gasteiger partial charge is 0.351 e.